The number of carbonyl (C=O) groups is 3. The van der Waals surface area contributed by atoms with Gasteiger partial charge in [-0.1, -0.05) is 26.0 Å². The van der Waals surface area contributed by atoms with Crippen LogP contribution in [-0.2, 0) is 4.79 Å². The zero-order chi connectivity index (χ0) is 31.6. The molecular formula is C36H50N4O4. The number of hydrogen-bond donors (Lipinski definition) is 4. The molecule has 1 aromatic carbocycles. The highest BCUT2D eigenvalue weighted by Gasteiger charge is 2.59. The van der Waals surface area contributed by atoms with Crippen LogP contribution in [0.2, 0.25) is 0 Å². The van der Waals surface area contributed by atoms with Gasteiger partial charge >= 0.3 is 0 Å². The maximum Gasteiger partial charge on any atom is 0.271 e. The SMILES string of the molecule is C=C(C)C(=O)NCCCNC(=O)c1ccc(C(=O)N/N=C2/C=C3CC[C@H]4[C@@H]5CC[C@H](C(C)O)[C@@]5(C)CC[C@@H]4[C@@]3(C)CC2)cc1. The average Bonchev–Trinajstić information content (AvgIpc) is 3.37. The van der Waals surface area contributed by atoms with Gasteiger partial charge in [0.05, 0.1) is 11.8 Å². The van der Waals surface area contributed by atoms with E-state index in [-0.39, 0.29) is 34.7 Å². The van der Waals surface area contributed by atoms with Gasteiger partial charge in [0.1, 0.15) is 0 Å². The molecule has 0 spiro atoms. The largest absolute Gasteiger partial charge is 0.393 e. The van der Waals surface area contributed by atoms with Crippen LogP contribution in [-0.4, -0.2) is 47.7 Å². The molecule has 0 radical (unpaired) electrons. The summed E-state index contributed by atoms with van der Waals surface area (Å²) < 4.78 is 0. The van der Waals surface area contributed by atoms with E-state index >= 15 is 0 Å². The summed E-state index contributed by atoms with van der Waals surface area (Å²) in [7, 11) is 0. The molecule has 7 atom stereocenters. The first kappa shape index (κ1) is 32.1. The van der Waals surface area contributed by atoms with Crippen LogP contribution in [0.1, 0.15) is 106 Å². The second-order valence-corrected chi connectivity index (χ2v) is 14.2. The number of nitrogens with one attached hydrogen (secondary N) is 3. The summed E-state index contributed by atoms with van der Waals surface area (Å²) >= 11 is 0. The Labute approximate surface area is 262 Å². The van der Waals surface area contributed by atoms with Crippen LogP contribution in [0.15, 0.2) is 53.2 Å². The molecule has 0 bridgehead atoms. The van der Waals surface area contributed by atoms with Crippen LogP contribution < -0.4 is 16.1 Å². The van der Waals surface area contributed by atoms with Crippen LogP contribution >= 0.6 is 0 Å². The lowest BCUT2D eigenvalue weighted by molar-refractivity contribution is -0.117. The standard InChI is InChI=1S/C36H50N4O4/c1-22(2)32(42)37-19-6-20-38-33(43)24-7-9-25(10-8-24)34(44)40-39-27-15-17-35(4)26(21-27)11-12-28-30-14-13-29(23(3)41)36(30,5)18-16-31(28)35/h7-10,21,23,28-31,41H,1,6,11-20H2,2-5H3,(H,37,42)(H,38,43)(H,40,44)/b39-27+/t23?,28-,29+,30-,31-,35-,36+/m0/s1. The second-order valence-electron chi connectivity index (χ2n) is 14.2. The van der Waals surface area contributed by atoms with Crippen LogP contribution in [0, 0.1) is 34.5 Å². The minimum Gasteiger partial charge on any atom is -0.393 e. The third kappa shape index (κ3) is 6.28. The van der Waals surface area contributed by atoms with Crippen LogP contribution in [0.3, 0.4) is 0 Å². The zero-order valence-electron chi connectivity index (χ0n) is 26.9. The highest BCUT2D eigenvalue weighted by molar-refractivity contribution is 6.00. The number of nitrogens with zero attached hydrogens (tertiary/aromatic N) is 1. The predicted octanol–water partition coefficient (Wildman–Crippen LogP) is 5.54. The molecular weight excluding hydrogens is 552 g/mol. The summed E-state index contributed by atoms with van der Waals surface area (Å²) in [5, 5.41) is 20.6. The Morgan fingerprint density at radius 2 is 1.64 bits per heavy atom. The van der Waals surface area contributed by atoms with Gasteiger partial charge < -0.3 is 15.7 Å². The van der Waals surface area contributed by atoms with E-state index in [0.29, 0.717) is 54.0 Å². The smallest absolute Gasteiger partial charge is 0.271 e. The van der Waals surface area contributed by atoms with Crippen molar-refractivity contribution >= 4 is 23.4 Å². The van der Waals surface area contributed by atoms with E-state index in [9.17, 15) is 19.5 Å². The van der Waals surface area contributed by atoms with Gasteiger partial charge in [0.2, 0.25) is 5.91 Å². The molecule has 238 valence electrons. The number of fused-ring (bicyclic) bond motifs is 5. The van der Waals surface area contributed by atoms with Gasteiger partial charge in [-0.15, -0.1) is 0 Å². The molecule has 4 N–H and O–H groups in total. The molecule has 44 heavy (non-hydrogen) atoms. The van der Waals surface area contributed by atoms with Gasteiger partial charge in [-0.2, -0.15) is 5.10 Å². The van der Waals surface area contributed by atoms with Gasteiger partial charge in [0.15, 0.2) is 0 Å². The number of aliphatic hydroxyl groups excluding tert-OH is 1. The maximum absolute atomic E-state index is 12.9. The van der Waals surface area contributed by atoms with Crippen molar-refractivity contribution in [2.24, 2.45) is 39.6 Å². The first-order chi connectivity index (χ1) is 20.9. The quantitative estimate of drug-likeness (QED) is 0.168. The second kappa shape index (κ2) is 13.0. The van der Waals surface area contributed by atoms with E-state index in [1.807, 2.05) is 6.92 Å². The normalized spacial score (nSPS) is 32.4. The van der Waals surface area contributed by atoms with Crippen LogP contribution in [0.25, 0.3) is 0 Å². The summed E-state index contributed by atoms with van der Waals surface area (Å²) in [4.78, 5) is 36.8. The van der Waals surface area contributed by atoms with Gasteiger partial charge in [-0.3, -0.25) is 14.4 Å². The molecule has 8 nitrogen and oxygen atoms in total. The number of amides is 3. The number of aliphatic hydroxyl groups is 1. The van der Waals surface area contributed by atoms with E-state index in [1.54, 1.807) is 31.2 Å². The number of rotatable bonds is 9. The highest BCUT2D eigenvalue weighted by atomic mass is 16.3. The monoisotopic (exact) mass is 602 g/mol. The Kier molecular flexibility index (Phi) is 9.49. The lowest BCUT2D eigenvalue weighted by Crippen LogP contribution is -2.51. The first-order valence-electron chi connectivity index (χ1n) is 16.5. The van der Waals surface area contributed by atoms with Gasteiger partial charge in [-0.05, 0) is 136 Å². The Bertz CT molecular complexity index is 1350. The van der Waals surface area contributed by atoms with E-state index in [2.05, 4.69) is 47.7 Å². The number of hydrazone groups is 1. The van der Waals surface area contributed by atoms with Crippen molar-refractivity contribution in [1.82, 2.24) is 16.1 Å². The minimum atomic E-state index is -0.298. The van der Waals surface area contributed by atoms with Crippen molar-refractivity contribution in [1.29, 1.82) is 0 Å². The number of allylic oxidation sites excluding steroid dienone is 2. The van der Waals surface area contributed by atoms with Crippen molar-refractivity contribution in [3.05, 3.63) is 59.2 Å². The molecule has 0 aliphatic heterocycles. The summed E-state index contributed by atoms with van der Waals surface area (Å²) in [5.74, 6) is 1.84. The van der Waals surface area contributed by atoms with Crippen molar-refractivity contribution in [3.8, 4) is 0 Å². The molecule has 0 aromatic heterocycles. The molecule has 4 aliphatic rings. The summed E-state index contributed by atoms with van der Waals surface area (Å²) in [6, 6.07) is 6.54. The molecule has 1 aromatic rings. The molecule has 0 heterocycles. The average molecular weight is 603 g/mol. The zero-order valence-corrected chi connectivity index (χ0v) is 26.9. The fourth-order valence-corrected chi connectivity index (χ4v) is 9.20. The van der Waals surface area contributed by atoms with Crippen molar-refractivity contribution < 1.29 is 19.5 Å². The predicted molar refractivity (Wildman–Crippen MR) is 173 cm³/mol. The molecule has 4 aliphatic carbocycles. The number of hydrogen-bond acceptors (Lipinski definition) is 5. The van der Waals surface area contributed by atoms with Crippen molar-refractivity contribution in [2.45, 2.75) is 91.6 Å². The maximum atomic E-state index is 12.9. The van der Waals surface area contributed by atoms with E-state index in [4.69, 9.17) is 0 Å². The van der Waals surface area contributed by atoms with Gasteiger partial charge in [0.25, 0.3) is 11.8 Å². The van der Waals surface area contributed by atoms with Crippen LogP contribution in [0.5, 0.6) is 0 Å². The molecule has 5 rings (SSSR count). The number of carbonyl (C=O) groups excluding carboxylic acids is 3. The van der Waals surface area contributed by atoms with Crippen molar-refractivity contribution in [3.63, 3.8) is 0 Å². The fourth-order valence-electron chi connectivity index (χ4n) is 9.20. The van der Waals surface area contributed by atoms with E-state index < -0.39 is 0 Å². The van der Waals surface area contributed by atoms with E-state index in [0.717, 1.165) is 37.3 Å². The Balaban J connectivity index is 1.14. The minimum absolute atomic E-state index is 0.186. The molecule has 3 saturated carbocycles. The van der Waals surface area contributed by atoms with Gasteiger partial charge in [0, 0.05) is 29.8 Å². The van der Waals surface area contributed by atoms with Crippen LogP contribution in [0.4, 0.5) is 0 Å². The molecule has 0 saturated heterocycles. The highest BCUT2D eigenvalue weighted by Crippen LogP contribution is 2.67. The Morgan fingerprint density at radius 1 is 0.955 bits per heavy atom. The van der Waals surface area contributed by atoms with E-state index in [1.165, 1.54) is 31.3 Å². The lowest BCUT2D eigenvalue weighted by Gasteiger charge is -2.58. The molecule has 8 heteroatoms. The molecule has 1 unspecified atom stereocenters. The van der Waals surface area contributed by atoms with Gasteiger partial charge in [-0.25, -0.2) is 5.43 Å². The summed E-state index contributed by atoms with van der Waals surface area (Å²) in [5.41, 5.74) is 6.97. The molecule has 3 amide bonds. The Morgan fingerprint density at radius 3 is 2.32 bits per heavy atom. The van der Waals surface area contributed by atoms with Crippen molar-refractivity contribution in [2.75, 3.05) is 13.1 Å². The lowest BCUT2D eigenvalue weighted by atomic mass is 9.46. The third-order valence-electron chi connectivity index (χ3n) is 11.7. The topological polar surface area (TPSA) is 120 Å². The molecule has 3 fully saturated rings. The summed E-state index contributed by atoms with van der Waals surface area (Å²) in [6.45, 7) is 13.0. The summed E-state index contributed by atoms with van der Waals surface area (Å²) in [6.07, 6.45) is 11.7. The fraction of sp³-hybridized carbons (Fsp3) is 0.611. The number of benzene rings is 1. The first-order valence-corrected chi connectivity index (χ1v) is 16.5. The Hall–Kier alpha value is -3.26. The third-order valence-corrected chi connectivity index (χ3v) is 11.7.